The lowest BCUT2D eigenvalue weighted by molar-refractivity contribution is -0.126. The van der Waals surface area contributed by atoms with Gasteiger partial charge in [0.25, 0.3) is 0 Å². The predicted molar refractivity (Wildman–Crippen MR) is 138 cm³/mol. The number of hydrogen-bond acceptors (Lipinski definition) is 6. The van der Waals surface area contributed by atoms with E-state index in [2.05, 4.69) is 29.5 Å². The van der Waals surface area contributed by atoms with E-state index in [-0.39, 0.29) is 18.4 Å². The monoisotopic (exact) mass is 491 g/mol. The van der Waals surface area contributed by atoms with Crippen molar-refractivity contribution in [2.75, 3.05) is 18.6 Å². The van der Waals surface area contributed by atoms with Crippen molar-refractivity contribution in [1.29, 1.82) is 0 Å². The van der Waals surface area contributed by atoms with Crippen LogP contribution in [0.4, 0.5) is 5.69 Å². The lowest BCUT2D eigenvalue weighted by Gasteiger charge is -2.31. The Labute approximate surface area is 208 Å². The lowest BCUT2D eigenvalue weighted by Crippen LogP contribution is -2.45. The molecule has 1 N–H and O–H groups in total. The normalized spacial score (nSPS) is 12.0. The Bertz CT molecular complexity index is 1290. The van der Waals surface area contributed by atoms with Crippen LogP contribution in [0.15, 0.2) is 66.0 Å². The van der Waals surface area contributed by atoms with Gasteiger partial charge in [-0.3, -0.25) is 14.5 Å². The fourth-order valence-electron chi connectivity index (χ4n) is 3.84. The van der Waals surface area contributed by atoms with Crippen LogP contribution in [0.2, 0.25) is 0 Å². The number of thiophene rings is 1. The Morgan fingerprint density at radius 3 is 2.69 bits per heavy atom. The first kappa shape index (κ1) is 24.4. The average molecular weight is 492 g/mol. The van der Waals surface area contributed by atoms with Crippen molar-refractivity contribution in [3.8, 4) is 5.75 Å². The Balaban J connectivity index is 1.73. The van der Waals surface area contributed by atoms with Crippen molar-refractivity contribution in [2.45, 2.75) is 32.9 Å². The second kappa shape index (κ2) is 11.1. The minimum absolute atomic E-state index is 0.0706. The highest BCUT2D eigenvalue weighted by Gasteiger charge is 2.34. The summed E-state index contributed by atoms with van der Waals surface area (Å²) in [6.07, 6.45) is 0.848. The predicted octanol–water partition coefficient (Wildman–Crippen LogP) is 4.44. The molecule has 0 fully saturated rings. The van der Waals surface area contributed by atoms with Gasteiger partial charge in [0, 0.05) is 23.2 Å². The Morgan fingerprint density at radius 2 is 1.94 bits per heavy atom. The summed E-state index contributed by atoms with van der Waals surface area (Å²) >= 11 is 1.44. The zero-order chi connectivity index (χ0) is 24.8. The smallest absolute Gasteiger partial charge is 0.249 e. The highest BCUT2D eigenvalue weighted by Crippen LogP contribution is 2.33. The van der Waals surface area contributed by atoms with E-state index in [9.17, 15) is 9.59 Å². The molecule has 0 aliphatic heterocycles. The largest absolute Gasteiger partial charge is 0.497 e. The second-order valence-electron chi connectivity index (χ2n) is 8.59. The summed E-state index contributed by atoms with van der Waals surface area (Å²) in [7, 11) is 1.57. The van der Waals surface area contributed by atoms with Gasteiger partial charge in [-0.2, -0.15) is 0 Å². The Hall–Kier alpha value is -3.72. The number of carbonyl (C=O) groups is 2. The number of para-hydroxylation sites is 1. The summed E-state index contributed by atoms with van der Waals surface area (Å²) in [6.45, 7) is 4.68. The minimum Gasteiger partial charge on any atom is -0.497 e. The maximum Gasteiger partial charge on any atom is 0.249 e. The van der Waals surface area contributed by atoms with E-state index in [1.54, 1.807) is 23.9 Å². The molecule has 0 unspecified atom stereocenters. The summed E-state index contributed by atoms with van der Waals surface area (Å²) in [5.41, 5.74) is 2.02. The lowest BCUT2D eigenvalue weighted by atomic mass is 10.1. The van der Waals surface area contributed by atoms with E-state index in [0.29, 0.717) is 29.4 Å². The molecular weight excluding hydrogens is 462 g/mol. The number of carbonyl (C=O) groups excluding carboxylic acids is 2. The highest BCUT2D eigenvalue weighted by atomic mass is 32.1. The number of benzene rings is 2. The number of amides is 2. The molecule has 0 bridgehead atoms. The molecule has 9 heteroatoms. The van der Waals surface area contributed by atoms with Crippen LogP contribution in [0.3, 0.4) is 0 Å². The molecular formula is C26H29N5O3S. The molecule has 2 amide bonds. The number of nitrogens with zero attached hydrogens (tertiary/aromatic N) is 4. The van der Waals surface area contributed by atoms with Gasteiger partial charge in [0.15, 0.2) is 0 Å². The number of nitrogens with one attached hydrogen (secondary N) is 1. The summed E-state index contributed by atoms with van der Waals surface area (Å²) in [4.78, 5) is 29.8. The number of rotatable bonds is 10. The Kier molecular flexibility index (Phi) is 7.77. The standard InChI is InChI=1S/C26H29N5O3S/c1-18(2)13-14-27-26(33)25(23-12-7-15-35-23)31(19-8-6-9-20(16-19)34-3)24(32)17-30-22-11-5-4-10-21(22)28-29-30/h4-12,15-16,18,25H,13-14,17H2,1-3H3,(H,27,33)/t25-/m1/s1. The van der Waals surface area contributed by atoms with Gasteiger partial charge in [-0.15, -0.1) is 16.4 Å². The van der Waals surface area contributed by atoms with Gasteiger partial charge >= 0.3 is 0 Å². The van der Waals surface area contributed by atoms with Crippen LogP contribution in [0, 0.1) is 5.92 Å². The first-order valence-corrected chi connectivity index (χ1v) is 12.4. The third-order valence-corrected chi connectivity index (χ3v) is 6.57. The van der Waals surface area contributed by atoms with E-state index in [1.807, 2.05) is 53.9 Å². The first-order chi connectivity index (χ1) is 17.0. The number of hydrogen-bond donors (Lipinski definition) is 1. The van der Waals surface area contributed by atoms with Crippen LogP contribution in [-0.4, -0.2) is 40.5 Å². The maximum absolute atomic E-state index is 13.9. The molecule has 182 valence electrons. The van der Waals surface area contributed by atoms with Crippen LogP contribution < -0.4 is 15.0 Å². The quantitative estimate of drug-likeness (QED) is 0.354. The van der Waals surface area contributed by atoms with Crippen molar-refractivity contribution in [2.24, 2.45) is 5.92 Å². The van der Waals surface area contributed by atoms with Gasteiger partial charge in [-0.25, -0.2) is 4.68 Å². The van der Waals surface area contributed by atoms with Gasteiger partial charge in [0.2, 0.25) is 11.8 Å². The van der Waals surface area contributed by atoms with Crippen molar-refractivity contribution in [3.05, 3.63) is 70.9 Å². The van der Waals surface area contributed by atoms with Crippen LogP contribution in [0.25, 0.3) is 11.0 Å². The molecule has 8 nitrogen and oxygen atoms in total. The van der Waals surface area contributed by atoms with Crippen LogP contribution in [0.5, 0.6) is 5.75 Å². The average Bonchev–Trinajstić information content (AvgIpc) is 3.52. The van der Waals surface area contributed by atoms with Crippen molar-refractivity contribution in [1.82, 2.24) is 20.3 Å². The van der Waals surface area contributed by atoms with E-state index >= 15 is 0 Å². The SMILES string of the molecule is COc1cccc(N(C(=O)Cn2nnc3ccccc32)[C@@H](C(=O)NCCC(C)C)c2cccs2)c1. The number of ether oxygens (including phenoxy) is 1. The Morgan fingerprint density at radius 1 is 1.11 bits per heavy atom. The van der Waals surface area contributed by atoms with Crippen molar-refractivity contribution < 1.29 is 14.3 Å². The molecule has 4 aromatic rings. The van der Waals surface area contributed by atoms with Crippen molar-refractivity contribution in [3.63, 3.8) is 0 Å². The van der Waals surface area contributed by atoms with Gasteiger partial charge in [-0.1, -0.05) is 43.3 Å². The van der Waals surface area contributed by atoms with Gasteiger partial charge in [0.1, 0.15) is 23.9 Å². The molecule has 0 saturated heterocycles. The molecule has 2 heterocycles. The van der Waals surface area contributed by atoms with Crippen LogP contribution >= 0.6 is 11.3 Å². The molecule has 0 aliphatic rings. The molecule has 0 aliphatic carbocycles. The summed E-state index contributed by atoms with van der Waals surface area (Å²) in [5, 5.41) is 13.3. The highest BCUT2D eigenvalue weighted by molar-refractivity contribution is 7.10. The third-order valence-electron chi connectivity index (χ3n) is 5.65. The molecule has 1 atom stereocenters. The molecule has 0 radical (unpaired) electrons. The third kappa shape index (κ3) is 5.68. The number of methoxy groups -OCH3 is 1. The van der Waals surface area contributed by atoms with E-state index in [1.165, 1.54) is 16.2 Å². The van der Waals surface area contributed by atoms with Crippen LogP contribution in [-0.2, 0) is 16.1 Å². The number of anilines is 1. The zero-order valence-electron chi connectivity index (χ0n) is 20.0. The maximum atomic E-state index is 13.9. The van der Waals surface area contributed by atoms with E-state index in [4.69, 9.17) is 4.74 Å². The van der Waals surface area contributed by atoms with Gasteiger partial charge in [0.05, 0.1) is 12.6 Å². The number of fused-ring (bicyclic) bond motifs is 1. The van der Waals surface area contributed by atoms with Crippen molar-refractivity contribution >= 4 is 39.9 Å². The molecule has 35 heavy (non-hydrogen) atoms. The number of aromatic nitrogens is 3. The first-order valence-electron chi connectivity index (χ1n) is 11.5. The molecule has 2 aromatic carbocycles. The summed E-state index contributed by atoms with van der Waals surface area (Å²) in [6, 6.07) is 17.6. The molecule has 2 aromatic heterocycles. The van der Waals surface area contributed by atoms with Gasteiger partial charge < -0.3 is 10.1 Å². The molecule has 0 spiro atoms. The van der Waals surface area contributed by atoms with Crippen LogP contribution in [0.1, 0.15) is 31.2 Å². The fourth-order valence-corrected chi connectivity index (χ4v) is 4.65. The molecule has 0 saturated carbocycles. The fraction of sp³-hybridized carbons (Fsp3) is 0.308. The molecule has 4 rings (SSSR count). The minimum atomic E-state index is -0.837. The van der Waals surface area contributed by atoms with Gasteiger partial charge in [-0.05, 0) is 48.1 Å². The topological polar surface area (TPSA) is 89.3 Å². The van der Waals surface area contributed by atoms with E-state index in [0.717, 1.165) is 16.8 Å². The zero-order valence-corrected chi connectivity index (χ0v) is 20.9. The summed E-state index contributed by atoms with van der Waals surface area (Å²) in [5.74, 6) is 0.530. The van der Waals surface area contributed by atoms with E-state index < -0.39 is 6.04 Å². The second-order valence-corrected chi connectivity index (χ2v) is 9.57. The summed E-state index contributed by atoms with van der Waals surface area (Å²) < 4.78 is 6.97.